The van der Waals surface area contributed by atoms with E-state index in [1.807, 2.05) is 43.7 Å². The van der Waals surface area contributed by atoms with Crippen molar-refractivity contribution in [3.8, 4) is 0 Å². The van der Waals surface area contributed by atoms with E-state index in [1.165, 1.54) is 0 Å². The van der Waals surface area contributed by atoms with Gasteiger partial charge in [0.1, 0.15) is 0 Å². The van der Waals surface area contributed by atoms with Crippen LogP contribution in [0.15, 0.2) is 24.3 Å². The van der Waals surface area contributed by atoms with Crippen molar-refractivity contribution in [1.82, 2.24) is 5.32 Å². The SMILES string of the molecule is CSCc1cccc(C(=O)NC(C)C(CO)SC)c1. The highest BCUT2D eigenvalue weighted by Gasteiger charge is 2.18. The van der Waals surface area contributed by atoms with Crippen molar-refractivity contribution in [3.05, 3.63) is 35.4 Å². The number of carbonyl (C=O) groups is 1. The largest absolute Gasteiger partial charge is 0.395 e. The molecule has 3 nitrogen and oxygen atoms in total. The van der Waals surface area contributed by atoms with Crippen LogP contribution >= 0.6 is 23.5 Å². The number of carbonyl (C=O) groups excluding carboxylic acids is 1. The Morgan fingerprint density at radius 3 is 2.74 bits per heavy atom. The van der Waals surface area contributed by atoms with Crippen molar-refractivity contribution in [2.24, 2.45) is 0 Å². The van der Waals surface area contributed by atoms with Crippen molar-refractivity contribution < 1.29 is 9.90 Å². The Morgan fingerprint density at radius 2 is 2.16 bits per heavy atom. The standard InChI is InChI=1S/C14H21NO2S2/c1-10(13(8-16)19-3)15-14(17)12-6-4-5-11(7-12)9-18-2/h4-7,10,13,16H,8-9H2,1-3H3,(H,15,17). The molecule has 1 rings (SSSR count). The molecule has 19 heavy (non-hydrogen) atoms. The van der Waals surface area contributed by atoms with E-state index < -0.39 is 0 Å². The number of rotatable bonds is 7. The lowest BCUT2D eigenvalue weighted by Gasteiger charge is -2.21. The first-order valence-corrected chi connectivity index (χ1v) is 8.83. The highest BCUT2D eigenvalue weighted by atomic mass is 32.2. The van der Waals surface area contributed by atoms with Crippen LogP contribution in [-0.2, 0) is 5.75 Å². The van der Waals surface area contributed by atoms with Crippen molar-refractivity contribution in [1.29, 1.82) is 0 Å². The molecule has 106 valence electrons. The summed E-state index contributed by atoms with van der Waals surface area (Å²) in [5, 5.41) is 12.2. The first-order chi connectivity index (χ1) is 9.12. The number of aliphatic hydroxyl groups excluding tert-OH is 1. The van der Waals surface area contributed by atoms with E-state index in [0.29, 0.717) is 5.56 Å². The fraction of sp³-hybridized carbons (Fsp3) is 0.500. The zero-order valence-electron chi connectivity index (χ0n) is 11.6. The van der Waals surface area contributed by atoms with Gasteiger partial charge in [0.2, 0.25) is 0 Å². The zero-order valence-corrected chi connectivity index (χ0v) is 13.2. The lowest BCUT2D eigenvalue weighted by atomic mass is 10.1. The zero-order chi connectivity index (χ0) is 14.3. The van der Waals surface area contributed by atoms with Gasteiger partial charge in [-0.1, -0.05) is 12.1 Å². The average Bonchev–Trinajstić information content (AvgIpc) is 2.40. The number of benzene rings is 1. The Hall–Kier alpha value is -0.650. The Morgan fingerprint density at radius 1 is 1.42 bits per heavy atom. The maximum atomic E-state index is 12.1. The van der Waals surface area contributed by atoms with Gasteiger partial charge in [-0.2, -0.15) is 23.5 Å². The lowest BCUT2D eigenvalue weighted by Crippen LogP contribution is -2.41. The van der Waals surface area contributed by atoms with Crippen LogP contribution in [0, 0.1) is 0 Å². The van der Waals surface area contributed by atoms with Crippen LogP contribution in [0.4, 0.5) is 0 Å². The minimum absolute atomic E-state index is 0.0262. The fourth-order valence-corrected chi connectivity index (χ4v) is 2.93. The van der Waals surface area contributed by atoms with Gasteiger partial charge in [-0.25, -0.2) is 0 Å². The Balaban J connectivity index is 2.69. The van der Waals surface area contributed by atoms with E-state index in [-0.39, 0.29) is 23.8 Å². The van der Waals surface area contributed by atoms with Crippen LogP contribution in [-0.4, -0.2) is 41.4 Å². The molecule has 0 fully saturated rings. The molecular formula is C14H21NO2S2. The van der Waals surface area contributed by atoms with E-state index in [0.717, 1.165) is 11.3 Å². The summed E-state index contributed by atoms with van der Waals surface area (Å²) in [7, 11) is 0. The molecule has 1 aromatic rings. The Bertz CT molecular complexity index is 408. The number of hydrogen-bond acceptors (Lipinski definition) is 4. The van der Waals surface area contributed by atoms with E-state index in [9.17, 15) is 9.90 Å². The summed E-state index contributed by atoms with van der Waals surface area (Å²) in [5.41, 5.74) is 1.83. The summed E-state index contributed by atoms with van der Waals surface area (Å²) < 4.78 is 0. The topological polar surface area (TPSA) is 49.3 Å². The average molecular weight is 299 g/mol. The molecule has 0 saturated carbocycles. The predicted octanol–water partition coefficient (Wildman–Crippen LogP) is 2.39. The number of hydrogen-bond donors (Lipinski definition) is 2. The summed E-state index contributed by atoms with van der Waals surface area (Å²) in [6.45, 7) is 1.98. The van der Waals surface area contributed by atoms with Gasteiger partial charge >= 0.3 is 0 Å². The van der Waals surface area contributed by atoms with Crippen LogP contribution in [0.1, 0.15) is 22.8 Å². The van der Waals surface area contributed by atoms with E-state index in [2.05, 4.69) is 5.32 Å². The molecule has 0 saturated heterocycles. The maximum absolute atomic E-state index is 12.1. The summed E-state index contributed by atoms with van der Waals surface area (Å²) in [6.07, 6.45) is 3.97. The molecule has 2 atom stereocenters. The summed E-state index contributed by atoms with van der Waals surface area (Å²) in [6, 6.07) is 7.61. The summed E-state index contributed by atoms with van der Waals surface area (Å²) in [4.78, 5) is 12.1. The second-order valence-electron chi connectivity index (χ2n) is 4.35. The number of thioether (sulfide) groups is 2. The van der Waals surface area contributed by atoms with Gasteiger partial charge in [-0.15, -0.1) is 0 Å². The molecule has 1 amide bonds. The van der Waals surface area contributed by atoms with Crippen LogP contribution in [0.3, 0.4) is 0 Å². The monoisotopic (exact) mass is 299 g/mol. The van der Waals surface area contributed by atoms with Crippen molar-refractivity contribution in [3.63, 3.8) is 0 Å². The Kier molecular flexibility index (Phi) is 7.34. The molecule has 0 aliphatic heterocycles. The molecule has 0 spiro atoms. The lowest BCUT2D eigenvalue weighted by molar-refractivity contribution is 0.0936. The van der Waals surface area contributed by atoms with Crippen LogP contribution in [0.2, 0.25) is 0 Å². The Labute approximate surface area is 123 Å². The smallest absolute Gasteiger partial charge is 0.251 e. The van der Waals surface area contributed by atoms with Gasteiger partial charge < -0.3 is 10.4 Å². The predicted molar refractivity (Wildman–Crippen MR) is 85.0 cm³/mol. The van der Waals surface area contributed by atoms with Gasteiger partial charge in [0.25, 0.3) is 5.91 Å². The fourth-order valence-electron chi connectivity index (χ4n) is 1.79. The van der Waals surface area contributed by atoms with Crippen molar-refractivity contribution >= 4 is 29.4 Å². The van der Waals surface area contributed by atoms with Crippen LogP contribution in [0.25, 0.3) is 0 Å². The molecule has 0 bridgehead atoms. The highest BCUT2D eigenvalue weighted by Crippen LogP contribution is 2.13. The third kappa shape index (κ3) is 5.09. The molecular weight excluding hydrogens is 278 g/mol. The molecule has 0 aliphatic rings. The molecule has 1 aromatic carbocycles. The maximum Gasteiger partial charge on any atom is 0.251 e. The van der Waals surface area contributed by atoms with Gasteiger partial charge in [0.05, 0.1) is 6.61 Å². The van der Waals surface area contributed by atoms with E-state index >= 15 is 0 Å². The van der Waals surface area contributed by atoms with E-state index in [1.54, 1.807) is 23.5 Å². The van der Waals surface area contributed by atoms with Crippen LogP contribution < -0.4 is 5.32 Å². The van der Waals surface area contributed by atoms with Crippen molar-refractivity contribution in [2.75, 3.05) is 19.1 Å². The third-order valence-electron chi connectivity index (χ3n) is 2.90. The second kappa shape index (κ2) is 8.51. The normalized spacial score (nSPS) is 13.9. The first-order valence-electron chi connectivity index (χ1n) is 6.14. The van der Waals surface area contributed by atoms with Gasteiger partial charge in [0, 0.05) is 22.6 Å². The molecule has 0 radical (unpaired) electrons. The summed E-state index contributed by atoms with van der Waals surface area (Å²) in [5.74, 6) is 0.823. The minimum Gasteiger partial charge on any atom is -0.395 e. The quantitative estimate of drug-likeness (QED) is 0.812. The summed E-state index contributed by atoms with van der Waals surface area (Å²) >= 11 is 3.29. The van der Waals surface area contributed by atoms with E-state index in [4.69, 9.17) is 0 Å². The minimum atomic E-state index is -0.0806. The van der Waals surface area contributed by atoms with Crippen molar-refractivity contribution in [2.45, 2.75) is 24.0 Å². The van der Waals surface area contributed by atoms with Gasteiger partial charge in [-0.05, 0) is 37.1 Å². The van der Waals surface area contributed by atoms with Gasteiger partial charge in [-0.3, -0.25) is 4.79 Å². The number of aliphatic hydroxyl groups is 1. The molecule has 5 heteroatoms. The van der Waals surface area contributed by atoms with Gasteiger partial charge in [0.15, 0.2) is 0 Å². The molecule has 0 aliphatic carbocycles. The molecule has 0 aromatic heterocycles. The third-order valence-corrected chi connectivity index (χ3v) is 4.68. The molecule has 0 heterocycles. The van der Waals surface area contributed by atoms with Crippen LogP contribution in [0.5, 0.6) is 0 Å². The first kappa shape index (κ1) is 16.4. The highest BCUT2D eigenvalue weighted by molar-refractivity contribution is 7.99. The molecule has 2 unspecified atom stereocenters. The number of nitrogens with one attached hydrogen (secondary N) is 1. The molecule has 2 N–H and O–H groups in total. The number of amides is 1. The second-order valence-corrected chi connectivity index (χ2v) is 6.30.